The zero-order chi connectivity index (χ0) is 15.3. The van der Waals surface area contributed by atoms with Gasteiger partial charge < -0.3 is 5.32 Å². The van der Waals surface area contributed by atoms with Crippen LogP contribution in [-0.4, -0.2) is 13.1 Å². The molecule has 0 aliphatic rings. The lowest BCUT2D eigenvalue weighted by molar-refractivity contribution is 0.424. The van der Waals surface area contributed by atoms with Crippen molar-refractivity contribution in [2.45, 2.75) is 72.1 Å². The predicted octanol–water partition coefficient (Wildman–Crippen LogP) is 5.51. The first-order valence-corrected chi connectivity index (χ1v) is 9.02. The molecule has 21 heavy (non-hydrogen) atoms. The van der Waals surface area contributed by atoms with E-state index in [1.807, 2.05) is 0 Å². The first-order chi connectivity index (χ1) is 10.3. The van der Waals surface area contributed by atoms with E-state index in [0.717, 1.165) is 12.5 Å². The standard InChI is InChI=1S/C20H35N/c1-4-6-7-8-9-10-11-20(17-21-5-2)16-19-14-12-18(3)13-15-19/h12-15,20-21H,4-11,16-17H2,1-3H3. The Morgan fingerprint density at radius 3 is 2.24 bits per heavy atom. The molecule has 0 radical (unpaired) electrons. The Morgan fingerprint density at radius 1 is 0.905 bits per heavy atom. The van der Waals surface area contributed by atoms with E-state index in [4.69, 9.17) is 0 Å². The Morgan fingerprint density at radius 2 is 1.57 bits per heavy atom. The van der Waals surface area contributed by atoms with Crippen molar-refractivity contribution in [1.82, 2.24) is 5.32 Å². The van der Waals surface area contributed by atoms with Crippen LogP contribution in [0.2, 0.25) is 0 Å². The van der Waals surface area contributed by atoms with Crippen LogP contribution < -0.4 is 5.32 Å². The zero-order valence-electron chi connectivity index (χ0n) is 14.5. The average Bonchev–Trinajstić information content (AvgIpc) is 2.50. The second-order valence-electron chi connectivity index (χ2n) is 6.42. The summed E-state index contributed by atoms with van der Waals surface area (Å²) in [4.78, 5) is 0. The Hall–Kier alpha value is -0.820. The van der Waals surface area contributed by atoms with Crippen LogP contribution in [0, 0.1) is 12.8 Å². The van der Waals surface area contributed by atoms with Gasteiger partial charge in [0.05, 0.1) is 0 Å². The number of hydrogen-bond acceptors (Lipinski definition) is 1. The normalized spacial score (nSPS) is 12.5. The largest absolute Gasteiger partial charge is 0.317 e. The molecule has 0 heterocycles. The molecule has 0 saturated heterocycles. The highest BCUT2D eigenvalue weighted by Gasteiger charge is 2.09. The van der Waals surface area contributed by atoms with Crippen LogP contribution in [0.3, 0.4) is 0 Å². The lowest BCUT2D eigenvalue weighted by Crippen LogP contribution is -2.24. The van der Waals surface area contributed by atoms with Crippen molar-refractivity contribution in [3.05, 3.63) is 35.4 Å². The molecule has 0 aliphatic heterocycles. The van der Waals surface area contributed by atoms with Crippen LogP contribution in [0.1, 0.15) is 69.9 Å². The van der Waals surface area contributed by atoms with Gasteiger partial charge in [-0.2, -0.15) is 0 Å². The van der Waals surface area contributed by atoms with Crippen molar-refractivity contribution in [1.29, 1.82) is 0 Å². The maximum absolute atomic E-state index is 3.54. The van der Waals surface area contributed by atoms with Crippen molar-refractivity contribution in [2.75, 3.05) is 13.1 Å². The minimum absolute atomic E-state index is 0.791. The molecule has 1 rings (SSSR count). The number of rotatable bonds is 12. The quantitative estimate of drug-likeness (QED) is 0.500. The molecule has 1 aromatic rings. The summed E-state index contributed by atoms with van der Waals surface area (Å²) >= 11 is 0. The Labute approximate surface area is 132 Å². The second kappa shape index (κ2) is 11.8. The third kappa shape index (κ3) is 8.93. The van der Waals surface area contributed by atoms with E-state index in [1.54, 1.807) is 0 Å². The van der Waals surface area contributed by atoms with Gasteiger partial charge in [-0.15, -0.1) is 0 Å². The van der Waals surface area contributed by atoms with E-state index in [-0.39, 0.29) is 0 Å². The SMILES string of the molecule is CCCCCCCCC(CNCC)Cc1ccc(C)cc1. The summed E-state index contributed by atoms with van der Waals surface area (Å²) in [6, 6.07) is 9.08. The smallest absolute Gasteiger partial charge is 0.00175 e. The minimum atomic E-state index is 0.791. The van der Waals surface area contributed by atoms with Crippen molar-refractivity contribution >= 4 is 0 Å². The van der Waals surface area contributed by atoms with Crippen molar-refractivity contribution in [2.24, 2.45) is 5.92 Å². The third-order valence-electron chi connectivity index (χ3n) is 4.29. The topological polar surface area (TPSA) is 12.0 Å². The summed E-state index contributed by atoms with van der Waals surface area (Å²) in [6.45, 7) is 8.90. The molecule has 0 spiro atoms. The molecule has 1 heteroatoms. The Bertz CT molecular complexity index is 341. The maximum Gasteiger partial charge on any atom is -0.00175 e. The number of aryl methyl sites for hydroxylation is 1. The molecular weight excluding hydrogens is 254 g/mol. The van der Waals surface area contributed by atoms with Crippen molar-refractivity contribution in [3.8, 4) is 0 Å². The third-order valence-corrected chi connectivity index (χ3v) is 4.29. The Kier molecular flexibility index (Phi) is 10.2. The van der Waals surface area contributed by atoms with Gasteiger partial charge in [0.1, 0.15) is 0 Å². The summed E-state index contributed by atoms with van der Waals surface area (Å²) in [7, 11) is 0. The predicted molar refractivity (Wildman–Crippen MR) is 94.9 cm³/mol. The van der Waals surface area contributed by atoms with E-state index in [0.29, 0.717) is 0 Å². The highest BCUT2D eigenvalue weighted by Crippen LogP contribution is 2.17. The average molecular weight is 290 g/mol. The molecule has 120 valence electrons. The molecule has 0 amide bonds. The van der Waals surface area contributed by atoms with Gasteiger partial charge in [-0.05, 0) is 44.3 Å². The van der Waals surface area contributed by atoms with Crippen LogP contribution in [-0.2, 0) is 6.42 Å². The Balaban J connectivity index is 2.31. The maximum atomic E-state index is 3.54. The molecule has 0 fully saturated rings. The fourth-order valence-corrected chi connectivity index (χ4v) is 2.90. The van der Waals surface area contributed by atoms with E-state index in [9.17, 15) is 0 Å². The van der Waals surface area contributed by atoms with E-state index < -0.39 is 0 Å². The van der Waals surface area contributed by atoms with Gasteiger partial charge in [-0.1, -0.05) is 82.2 Å². The molecule has 0 bridgehead atoms. The van der Waals surface area contributed by atoms with Gasteiger partial charge >= 0.3 is 0 Å². The van der Waals surface area contributed by atoms with E-state index >= 15 is 0 Å². The lowest BCUT2D eigenvalue weighted by Gasteiger charge is -2.17. The molecular formula is C20H35N. The fraction of sp³-hybridized carbons (Fsp3) is 0.700. The molecule has 0 saturated carbocycles. The molecule has 1 atom stereocenters. The molecule has 1 N–H and O–H groups in total. The molecule has 1 nitrogen and oxygen atoms in total. The molecule has 0 aliphatic carbocycles. The van der Waals surface area contributed by atoms with Gasteiger partial charge in [0, 0.05) is 0 Å². The van der Waals surface area contributed by atoms with Gasteiger partial charge in [-0.3, -0.25) is 0 Å². The second-order valence-corrected chi connectivity index (χ2v) is 6.42. The monoisotopic (exact) mass is 289 g/mol. The summed E-state index contributed by atoms with van der Waals surface area (Å²) in [5, 5.41) is 3.54. The minimum Gasteiger partial charge on any atom is -0.317 e. The number of hydrogen-bond donors (Lipinski definition) is 1. The summed E-state index contributed by atoms with van der Waals surface area (Å²) in [5.41, 5.74) is 2.85. The van der Waals surface area contributed by atoms with Crippen LogP contribution in [0.25, 0.3) is 0 Å². The van der Waals surface area contributed by atoms with E-state index in [2.05, 4.69) is 50.4 Å². The highest BCUT2D eigenvalue weighted by molar-refractivity contribution is 5.21. The van der Waals surface area contributed by atoms with Gasteiger partial charge in [0.2, 0.25) is 0 Å². The molecule has 1 aromatic carbocycles. The lowest BCUT2D eigenvalue weighted by atomic mass is 9.93. The number of unbranched alkanes of at least 4 members (excludes halogenated alkanes) is 5. The van der Waals surface area contributed by atoms with Gasteiger partial charge in [-0.25, -0.2) is 0 Å². The van der Waals surface area contributed by atoms with Crippen molar-refractivity contribution < 1.29 is 0 Å². The molecule has 0 aromatic heterocycles. The summed E-state index contributed by atoms with van der Waals surface area (Å²) in [6.07, 6.45) is 11.0. The fourth-order valence-electron chi connectivity index (χ4n) is 2.90. The van der Waals surface area contributed by atoms with Crippen LogP contribution in [0.5, 0.6) is 0 Å². The van der Waals surface area contributed by atoms with Gasteiger partial charge in [0.15, 0.2) is 0 Å². The summed E-state index contributed by atoms with van der Waals surface area (Å²) in [5.74, 6) is 0.791. The first kappa shape index (κ1) is 18.2. The first-order valence-electron chi connectivity index (χ1n) is 9.02. The molecule has 1 unspecified atom stereocenters. The number of benzene rings is 1. The van der Waals surface area contributed by atoms with Crippen LogP contribution >= 0.6 is 0 Å². The summed E-state index contributed by atoms with van der Waals surface area (Å²) < 4.78 is 0. The van der Waals surface area contributed by atoms with Crippen molar-refractivity contribution in [3.63, 3.8) is 0 Å². The van der Waals surface area contributed by atoms with Crippen LogP contribution in [0.15, 0.2) is 24.3 Å². The van der Waals surface area contributed by atoms with Gasteiger partial charge in [0.25, 0.3) is 0 Å². The van der Waals surface area contributed by atoms with E-state index in [1.165, 1.54) is 69.0 Å². The van der Waals surface area contributed by atoms with Crippen LogP contribution in [0.4, 0.5) is 0 Å². The number of nitrogens with one attached hydrogen (secondary N) is 1. The highest BCUT2D eigenvalue weighted by atomic mass is 14.8. The zero-order valence-corrected chi connectivity index (χ0v) is 14.5.